The second-order valence-electron chi connectivity index (χ2n) is 5.76. The Morgan fingerprint density at radius 1 is 1.22 bits per heavy atom. The van der Waals surface area contributed by atoms with Crippen LogP contribution in [0.2, 0.25) is 0 Å². The molecule has 0 unspecified atom stereocenters. The number of aliphatic imine (C=N–C) groups is 1. The molecule has 9 heteroatoms. The fraction of sp³-hybridized carbons (Fsp3) is 0.167. The first-order valence-electron chi connectivity index (χ1n) is 7.94. The van der Waals surface area contributed by atoms with Gasteiger partial charge in [0.2, 0.25) is 0 Å². The van der Waals surface area contributed by atoms with Gasteiger partial charge in [-0.25, -0.2) is 8.42 Å². The standard InChI is InChI=1S/C18H19N5O3S/c1-3-11-8-15(22-14-7-5-4-6-12(14)10-19)16(27(2,25)26)9-13(11)17(24)23-18(20)21/h4-9,22H,3H2,1-2H3,(H4,20,21,23,24). The van der Waals surface area contributed by atoms with Gasteiger partial charge in [0.15, 0.2) is 15.8 Å². The number of benzene rings is 2. The van der Waals surface area contributed by atoms with Crippen LogP contribution in [0.25, 0.3) is 0 Å². The van der Waals surface area contributed by atoms with Gasteiger partial charge in [-0.1, -0.05) is 19.1 Å². The van der Waals surface area contributed by atoms with E-state index in [0.717, 1.165) is 6.26 Å². The molecular formula is C18H19N5O3S. The number of nitrogens with zero attached hydrogens (tertiary/aromatic N) is 2. The number of nitrogens with two attached hydrogens (primary N) is 2. The summed E-state index contributed by atoms with van der Waals surface area (Å²) < 4.78 is 24.6. The van der Waals surface area contributed by atoms with Gasteiger partial charge in [-0.3, -0.25) is 4.79 Å². The number of para-hydroxylation sites is 1. The van der Waals surface area contributed by atoms with Crippen molar-refractivity contribution >= 4 is 33.1 Å². The Bertz CT molecular complexity index is 1060. The van der Waals surface area contributed by atoms with Crippen LogP contribution in [0, 0.1) is 11.3 Å². The molecule has 0 aliphatic heterocycles. The summed E-state index contributed by atoms with van der Waals surface area (Å²) in [6.45, 7) is 1.81. The van der Waals surface area contributed by atoms with Crippen LogP contribution in [0.4, 0.5) is 11.4 Å². The van der Waals surface area contributed by atoms with E-state index in [2.05, 4.69) is 10.3 Å². The highest BCUT2D eigenvalue weighted by Crippen LogP contribution is 2.30. The normalized spacial score (nSPS) is 10.7. The first kappa shape index (κ1) is 19.9. The summed E-state index contributed by atoms with van der Waals surface area (Å²) in [6, 6.07) is 11.5. The molecule has 0 saturated carbocycles. The molecule has 0 aromatic heterocycles. The molecule has 0 fully saturated rings. The van der Waals surface area contributed by atoms with Crippen molar-refractivity contribution < 1.29 is 13.2 Å². The van der Waals surface area contributed by atoms with Gasteiger partial charge >= 0.3 is 0 Å². The van der Waals surface area contributed by atoms with Gasteiger partial charge < -0.3 is 16.8 Å². The van der Waals surface area contributed by atoms with Gasteiger partial charge in [-0.15, -0.1) is 0 Å². The van der Waals surface area contributed by atoms with Crippen LogP contribution in [-0.4, -0.2) is 26.5 Å². The Hall–Kier alpha value is -3.38. The van der Waals surface area contributed by atoms with E-state index in [1.165, 1.54) is 6.07 Å². The number of anilines is 2. The van der Waals surface area contributed by atoms with Crippen molar-refractivity contribution in [3.63, 3.8) is 0 Å². The number of rotatable bonds is 5. The van der Waals surface area contributed by atoms with Crippen LogP contribution in [0.5, 0.6) is 0 Å². The Labute approximate surface area is 157 Å². The Morgan fingerprint density at radius 2 is 1.89 bits per heavy atom. The average molecular weight is 385 g/mol. The number of nitrogens with one attached hydrogen (secondary N) is 1. The molecule has 2 aromatic rings. The third-order valence-electron chi connectivity index (χ3n) is 3.76. The van der Waals surface area contributed by atoms with Gasteiger partial charge in [-0.05, 0) is 36.2 Å². The van der Waals surface area contributed by atoms with E-state index in [1.807, 2.05) is 13.0 Å². The minimum absolute atomic E-state index is 0.0958. The molecule has 27 heavy (non-hydrogen) atoms. The highest BCUT2D eigenvalue weighted by atomic mass is 32.2. The number of aryl methyl sites for hydroxylation is 1. The second-order valence-corrected chi connectivity index (χ2v) is 7.74. The van der Waals surface area contributed by atoms with E-state index >= 15 is 0 Å². The summed E-state index contributed by atoms with van der Waals surface area (Å²) >= 11 is 0. The van der Waals surface area contributed by atoms with Crippen LogP contribution in [-0.2, 0) is 16.3 Å². The number of amides is 1. The van der Waals surface area contributed by atoms with Crippen LogP contribution in [0.1, 0.15) is 28.4 Å². The fourth-order valence-electron chi connectivity index (χ4n) is 2.53. The number of carbonyl (C=O) groups is 1. The summed E-state index contributed by atoms with van der Waals surface area (Å²) in [5, 5.41) is 12.2. The van der Waals surface area contributed by atoms with Gasteiger partial charge in [0.25, 0.3) is 5.91 Å². The summed E-state index contributed by atoms with van der Waals surface area (Å²) in [5.41, 5.74) is 12.3. The van der Waals surface area contributed by atoms with Crippen LogP contribution >= 0.6 is 0 Å². The monoisotopic (exact) mass is 385 g/mol. The maximum absolute atomic E-state index is 12.3. The zero-order valence-electron chi connectivity index (χ0n) is 14.9. The van der Waals surface area contributed by atoms with Crippen molar-refractivity contribution in [1.82, 2.24) is 0 Å². The lowest BCUT2D eigenvalue weighted by Gasteiger charge is -2.16. The van der Waals surface area contributed by atoms with Crippen LogP contribution in [0.3, 0.4) is 0 Å². The highest BCUT2D eigenvalue weighted by Gasteiger charge is 2.21. The number of hydrogen-bond donors (Lipinski definition) is 3. The van der Waals surface area contributed by atoms with E-state index in [-0.39, 0.29) is 16.1 Å². The molecule has 0 spiro atoms. The van der Waals surface area contributed by atoms with Gasteiger partial charge in [-0.2, -0.15) is 10.3 Å². The lowest BCUT2D eigenvalue weighted by atomic mass is 10.0. The molecule has 0 aliphatic carbocycles. The molecule has 0 aliphatic rings. The molecular weight excluding hydrogens is 366 g/mol. The maximum Gasteiger partial charge on any atom is 0.280 e. The Kier molecular flexibility index (Phi) is 5.82. The zero-order chi connectivity index (χ0) is 20.2. The third kappa shape index (κ3) is 4.62. The quantitative estimate of drug-likeness (QED) is 0.523. The van der Waals surface area contributed by atoms with Crippen molar-refractivity contribution in [3.8, 4) is 6.07 Å². The molecule has 1 amide bonds. The van der Waals surface area contributed by atoms with E-state index in [0.29, 0.717) is 23.2 Å². The Morgan fingerprint density at radius 3 is 2.44 bits per heavy atom. The number of hydrogen-bond acceptors (Lipinski definition) is 5. The highest BCUT2D eigenvalue weighted by molar-refractivity contribution is 7.90. The lowest BCUT2D eigenvalue weighted by Crippen LogP contribution is -2.24. The van der Waals surface area contributed by atoms with Crippen LogP contribution in [0.15, 0.2) is 46.3 Å². The fourth-order valence-corrected chi connectivity index (χ4v) is 3.37. The molecule has 0 heterocycles. The van der Waals surface area contributed by atoms with Gasteiger partial charge in [0.05, 0.1) is 21.8 Å². The molecule has 8 nitrogen and oxygen atoms in total. The SMILES string of the molecule is CCc1cc(Nc2ccccc2C#N)c(S(C)(=O)=O)cc1C(=O)N=C(N)N. The van der Waals surface area contributed by atoms with Crippen molar-refractivity contribution in [1.29, 1.82) is 5.26 Å². The topological polar surface area (TPSA) is 151 Å². The zero-order valence-corrected chi connectivity index (χ0v) is 15.7. The summed E-state index contributed by atoms with van der Waals surface area (Å²) in [5.74, 6) is -1.13. The molecule has 2 rings (SSSR count). The minimum Gasteiger partial charge on any atom is -0.370 e. The molecule has 0 bridgehead atoms. The van der Waals surface area contributed by atoms with Gasteiger partial charge in [0.1, 0.15) is 6.07 Å². The number of carbonyl (C=O) groups excluding carboxylic acids is 1. The smallest absolute Gasteiger partial charge is 0.280 e. The number of sulfone groups is 1. The van der Waals surface area contributed by atoms with E-state index in [1.54, 1.807) is 30.3 Å². The first-order valence-corrected chi connectivity index (χ1v) is 9.83. The third-order valence-corrected chi connectivity index (χ3v) is 4.90. The number of guanidine groups is 1. The Balaban J connectivity index is 2.69. The molecule has 0 radical (unpaired) electrons. The minimum atomic E-state index is -3.69. The second kappa shape index (κ2) is 7.88. The van der Waals surface area contributed by atoms with Crippen molar-refractivity contribution in [2.24, 2.45) is 16.5 Å². The molecule has 5 N–H and O–H groups in total. The summed E-state index contributed by atoms with van der Waals surface area (Å²) in [4.78, 5) is 15.7. The predicted octanol–water partition coefficient (Wildman–Crippen LogP) is 1.68. The lowest BCUT2D eigenvalue weighted by molar-refractivity contribution is 0.100. The molecule has 0 atom stereocenters. The number of nitriles is 1. The van der Waals surface area contributed by atoms with Crippen LogP contribution < -0.4 is 16.8 Å². The molecule has 140 valence electrons. The van der Waals surface area contributed by atoms with E-state index < -0.39 is 21.7 Å². The van der Waals surface area contributed by atoms with E-state index in [9.17, 15) is 18.5 Å². The average Bonchev–Trinajstić information content (AvgIpc) is 2.60. The first-order chi connectivity index (χ1) is 12.7. The molecule has 2 aromatic carbocycles. The maximum atomic E-state index is 12.3. The predicted molar refractivity (Wildman–Crippen MR) is 104 cm³/mol. The summed E-state index contributed by atoms with van der Waals surface area (Å²) in [6.07, 6.45) is 1.48. The van der Waals surface area contributed by atoms with Crippen molar-refractivity contribution in [2.45, 2.75) is 18.2 Å². The van der Waals surface area contributed by atoms with E-state index in [4.69, 9.17) is 11.5 Å². The van der Waals surface area contributed by atoms with Crippen molar-refractivity contribution in [2.75, 3.05) is 11.6 Å². The largest absolute Gasteiger partial charge is 0.370 e. The van der Waals surface area contributed by atoms with Crippen molar-refractivity contribution in [3.05, 3.63) is 53.1 Å². The van der Waals surface area contributed by atoms with Gasteiger partial charge in [0, 0.05) is 11.8 Å². The molecule has 0 saturated heterocycles. The summed E-state index contributed by atoms with van der Waals surface area (Å²) in [7, 11) is -3.69.